The van der Waals surface area contributed by atoms with Gasteiger partial charge in [0.15, 0.2) is 11.5 Å². The van der Waals surface area contributed by atoms with Crippen LogP contribution in [0, 0.1) is 13.8 Å². The summed E-state index contributed by atoms with van der Waals surface area (Å²) < 4.78 is 6.05. The number of fused-ring (bicyclic) bond motifs is 2. The quantitative estimate of drug-likeness (QED) is 0.225. The first-order valence-corrected chi connectivity index (χ1v) is 8.87. The zero-order chi connectivity index (χ0) is 21.3. The Morgan fingerprint density at radius 2 is 1.79 bits per heavy atom. The van der Waals surface area contributed by atoms with E-state index in [1.54, 1.807) is 12.1 Å². The number of aliphatic hydroxyl groups excluding tert-OH is 4. The van der Waals surface area contributed by atoms with E-state index < -0.39 is 43.0 Å². The van der Waals surface area contributed by atoms with Crippen molar-refractivity contribution < 1.29 is 25.2 Å². The fourth-order valence-corrected chi connectivity index (χ4v) is 3.06. The fourth-order valence-electron chi connectivity index (χ4n) is 3.06. The molecule has 2 aliphatic heterocycles. The maximum atomic E-state index is 12.2. The average Bonchev–Trinajstić information content (AvgIpc) is 2.67. The first kappa shape index (κ1) is 21.0. The summed E-state index contributed by atoms with van der Waals surface area (Å²) in [6, 6.07) is 3.53. The van der Waals surface area contributed by atoms with Crippen LogP contribution in [0.4, 0.5) is 0 Å². The van der Waals surface area contributed by atoms with E-state index in [1.165, 1.54) is 4.57 Å². The third kappa shape index (κ3) is 4.18. The van der Waals surface area contributed by atoms with E-state index >= 15 is 0 Å². The number of aromatic amines is 1. The Balaban J connectivity index is 2.14. The van der Waals surface area contributed by atoms with Crippen LogP contribution in [0.25, 0.3) is 22.6 Å². The lowest BCUT2D eigenvalue weighted by Gasteiger charge is -2.25. The fraction of sp³-hybridized carbons (Fsp3) is 0.444. The Bertz CT molecular complexity index is 1110. The van der Waals surface area contributed by atoms with Crippen LogP contribution in [0.3, 0.4) is 0 Å². The Morgan fingerprint density at radius 1 is 1.10 bits per heavy atom. The van der Waals surface area contributed by atoms with Crippen molar-refractivity contribution in [3.63, 3.8) is 0 Å². The molecule has 11 nitrogen and oxygen atoms in total. The van der Waals surface area contributed by atoms with Gasteiger partial charge in [-0.1, -0.05) is 0 Å². The van der Waals surface area contributed by atoms with E-state index in [0.29, 0.717) is 11.0 Å². The number of aryl methyl sites for hydroxylation is 2. The Morgan fingerprint density at radius 3 is 2.48 bits per heavy atom. The molecule has 0 radical (unpaired) electrons. The Hall–Kier alpha value is -2.70. The molecular weight excluding hydrogens is 384 g/mol. The van der Waals surface area contributed by atoms with Gasteiger partial charge in [-0.2, -0.15) is 4.98 Å². The number of ether oxygens (including phenoxy) is 1. The highest BCUT2D eigenvalue weighted by molar-refractivity contribution is 5.81. The van der Waals surface area contributed by atoms with Gasteiger partial charge in [-0.05, 0) is 37.1 Å². The van der Waals surface area contributed by atoms with Crippen molar-refractivity contribution in [2.24, 2.45) is 0 Å². The molecule has 3 atom stereocenters. The molecule has 1 aromatic carbocycles. The minimum Gasteiger partial charge on any atom is -0.388 e. The van der Waals surface area contributed by atoms with Crippen molar-refractivity contribution in [2.45, 2.75) is 38.7 Å². The highest BCUT2D eigenvalue weighted by atomic mass is 16.6. The van der Waals surface area contributed by atoms with E-state index in [0.717, 1.165) is 11.1 Å². The first-order chi connectivity index (χ1) is 13.7. The van der Waals surface area contributed by atoms with Crippen molar-refractivity contribution in [1.29, 1.82) is 0 Å². The molecule has 0 aromatic heterocycles. The summed E-state index contributed by atoms with van der Waals surface area (Å²) in [5.41, 5.74) is 1.09. The second-order valence-electron chi connectivity index (χ2n) is 6.82. The number of rotatable bonds is 7. The van der Waals surface area contributed by atoms with Gasteiger partial charge in [0, 0.05) is 0 Å². The molecule has 5 N–H and O–H groups in total. The van der Waals surface area contributed by atoms with Gasteiger partial charge in [-0.3, -0.25) is 9.78 Å². The number of benzene rings is 1. The molecule has 0 spiro atoms. The summed E-state index contributed by atoms with van der Waals surface area (Å²) in [5, 5.41) is 39.2. The van der Waals surface area contributed by atoms with Crippen LogP contribution in [0.2, 0.25) is 0 Å². The van der Waals surface area contributed by atoms with E-state index in [9.17, 15) is 24.9 Å². The molecule has 29 heavy (non-hydrogen) atoms. The van der Waals surface area contributed by atoms with Crippen molar-refractivity contribution in [1.82, 2.24) is 19.5 Å². The summed E-state index contributed by atoms with van der Waals surface area (Å²) in [6.45, 7) is 2.43. The SMILES string of the molecule is Cc1cc2nc3c(=O)[nH]c(=O)nc-3n(C[C@H](O)[C@H](O)[C@H](O)COCO)c2cc1C. The van der Waals surface area contributed by atoms with Crippen molar-refractivity contribution in [3.8, 4) is 11.5 Å². The number of hydrogen-bond donors (Lipinski definition) is 5. The summed E-state index contributed by atoms with van der Waals surface area (Å²) in [4.78, 5) is 34.2. The maximum absolute atomic E-state index is 12.2. The van der Waals surface area contributed by atoms with E-state index in [1.807, 2.05) is 13.8 Å². The smallest absolute Gasteiger partial charge is 0.349 e. The molecule has 0 bridgehead atoms. The van der Waals surface area contributed by atoms with Crippen LogP contribution in [0.1, 0.15) is 11.1 Å². The number of nitrogens with one attached hydrogen (secondary N) is 1. The molecule has 156 valence electrons. The Labute approximate surface area is 164 Å². The van der Waals surface area contributed by atoms with Gasteiger partial charge in [0.1, 0.15) is 25.1 Å². The zero-order valence-electron chi connectivity index (χ0n) is 15.9. The molecular formula is C18H22N4O7. The average molecular weight is 406 g/mol. The predicted molar refractivity (Wildman–Crippen MR) is 102 cm³/mol. The van der Waals surface area contributed by atoms with Gasteiger partial charge in [-0.15, -0.1) is 0 Å². The molecule has 0 fully saturated rings. The van der Waals surface area contributed by atoms with Crippen molar-refractivity contribution in [2.75, 3.05) is 13.4 Å². The predicted octanol–water partition coefficient (Wildman–Crippen LogP) is -1.75. The molecule has 2 aliphatic rings. The molecule has 0 unspecified atom stereocenters. The molecule has 2 heterocycles. The van der Waals surface area contributed by atoms with E-state index in [2.05, 4.69) is 19.7 Å². The van der Waals surface area contributed by atoms with Gasteiger partial charge >= 0.3 is 5.69 Å². The molecule has 11 heteroatoms. The van der Waals surface area contributed by atoms with Crippen LogP contribution in [0.5, 0.6) is 0 Å². The maximum Gasteiger partial charge on any atom is 0.349 e. The first-order valence-electron chi connectivity index (χ1n) is 8.87. The third-order valence-corrected chi connectivity index (χ3v) is 4.76. The largest absolute Gasteiger partial charge is 0.388 e. The topological polar surface area (TPSA) is 171 Å². The highest BCUT2D eigenvalue weighted by Gasteiger charge is 2.28. The molecule has 3 rings (SSSR count). The van der Waals surface area contributed by atoms with Gasteiger partial charge in [0.05, 0.1) is 24.2 Å². The zero-order valence-corrected chi connectivity index (χ0v) is 15.9. The number of nitrogens with zero attached hydrogens (tertiary/aromatic N) is 3. The van der Waals surface area contributed by atoms with Crippen LogP contribution in [-0.4, -0.2) is 71.7 Å². The lowest BCUT2D eigenvalue weighted by molar-refractivity contribution is -0.110. The van der Waals surface area contributed by atoms with Gasteiger partial charge < -0.3 is 29.7 Å². The molecule has 0 amide bonds. The van der Waals surface area contributed by atoms with E-state index in [4.69, 9.17) is 5.11 Å². The van der Waals surface area contributed by atoms with Crippen molar-refractivity contribution >= 4 is 11.0 Å². The van der Waals surface area contributed by atoms with E-state index in [-0.39, 0.29) is 18.1 Å². The molecule has 0 aliphatic carbocycles. The van der Waals surface area contributed by atoms with Gasteiger partial charge in [0.25, 0.3) is 5.56 Å². The lowest BCUT2D eigenvalue weighted by Crippen LogP contribution is -2.43. The van der Waals surface area contributed by atoms with Crippen LogP contribution in [-0.2, 0) is 11.3 Å². The monoisotopic (exact) mass is 406 g/mol. The summed E-state index contributed by atoms with van der Waals surface area (Å²) >= 11 is 0. The lowest BCUT2D eigenvalue weighted by atomic mass is 10.1. The highest BCUT2D eigenvalue weighted by Crippen LogP contribution is 2.24. The number of H-pyrrole nitrogens is 1. The van der Waals surface area contributed by atoms with Gasteiger partial charge in [0.2, 0.25) is 0 Å². The normalized spacial score (nSPS) is 15.0. The standard InChI is InChI=1S/C18H22N4O7/c1-8-3-10-11(4-9(8)2)22(5-12(24)15(26)13(25)6-29-7-23)16-14(19-10)17(27)21-18(28)20-16/h3-4,12-13,15,23-26H,5-7H2,1-2H3,(H,21,27,28)/t12-,13+,15-/m0/s1. The minimum atomic E-state index is -1.62. The van der Waals surface area contributed by atoms with Crippen molar-refractivity contribution in [3.05, 3.63) is 44.1 Å². The Kier molecular flexibility index (Phi) is 6.05. The summed E-state index contributed by atoms with van der Waals surface area (Å²) in [6.07, 6.45) is -4.58. The number of aromatic nitrogens is 4. The minimum absolute atomic E-state index is 0.0538. The van der Waals surface area contributed by atoms with Crippen LogP contribution >= 0.6 is 0 Å². The molecule has 1 aromatic rings. The molecule has 0 saturated heterocycles. The second-order valence-corrected chi connectivity index (χ2v) is 6.82. The second kappa shape index (κ2) is 8.35. The van der Waals surface area contributed by atoms with Gasteiger partial charge in [-0.25, -0.2) is 9.78 Å². The van der Waals surface area contributed by atoms with Crippen LogP contribution < -0.4 is 11.2 Å². The molecule has 0 saturated carbocycles. The number of aliphatic hydroxyl groups is 4. The summed E-state index contributed by atoms with van der Waals surface area (Å²) in [7, 11) is 0. The summed E-state index contributed by atoms with van der Waals surface area (Å²) in [5.74, 6) is -0.0538. The van der Waals surface area contributed by atoms with Crippen LogP contribution in [0.15, 0.2) is 21.7 Å². The number of hydrogen-bond acceptors (Lipinski definition) is 9. The third-order valence-electron chi connectivity index (χ3n) is 4.76.